The molecule has 0 atom stereocenters. The van der Waals surface area contributed by atoms with Crippen LogP contribution in [0.25, 0.3) is 21.0 Å². The Labute approximate surface area is 137 Å². The molecule has 0 N–H and O–H groups in total. The van der Waals surface area contributed by atoms with Gasteiger partial charge in [0.05, 0.1) is 23.4 Å². The molecular formula is C16H14N2O2S2. The van der Waals surface area contributed by atoms with Crippen LogP contribution in [0, 0.1) is 0 Å². The molecule has 112 valence electrons. The number of thiazole rings is 1. The highest BCUT2D eigenvalue weighted by Gasteiger charge is 2.19. The van der Waals surface area contributed by atoms with E-state index in [1.165, 1.54) is 0 Å². The number of thiocarbonyl (C=S) groups is 1. The maximum Gasteiger partial charge on any atom is 0.163 e. The first kappa shape index (κ1) is 13.9. The Morgan fingerprint density at radius 3 is 2.77 bits per heavy atom. The summed E-state index contributed by atoms with van der Waals surface area (Å²) in [5.41, 5.74) is 0.996. The van der Waals surface area contributed by atoms with Crippen LogP contribution in [-0.4, -0.2) is 41.2 Å². The summed E-state index contributed by atoms with van der Waals surface area (Å²) in [6.07, 6.45) is 0. The monoisotopic (exact) mass is 330 g/mol. The van der Waals surface area contributed by atoms with Gasteiger partial charge in [0.25, 0.3) is 0 Å². The summed E-state index contributed by atoms with van der Waals surface area (Å²) >= 11 is 7.16. The molecule has 1 aliphatic heterocycles. The number of ether oxygens (including phenoxy) is 1. The normalized spacial score (nSPS) is 15.4. The van der Waals surface area contributed by atoms with Gasteiger partial charge in [-0.2, -0.15) is 0 Å². The van der Waals surface area contributed by atoms with Crippen LogP contribution < -0.4 is 0 Å². The number of benzene rings is 1. The number of rotatable bonds is 2. The van der Waals surface area contributed by atoms with E-state index in [1.54, 1.807) is 11.3 Å². The molecule has 0 spiro atoms. The van der Waals surface area contributed by atoms with Crippen molar-refractivity contribution < 1.29 is 9.15 Å². The Hall–Kier alpha value is -1.76. The van der Waals surface area contributed by atoms with Gasteiger partial charge in [-0.1, -0.05) is 24.4 Å². The van der Waals surface area contributed by atoms with Crippen molar-refractivity contribution in [1.29, 1.82) is 0 Å². The van der Waals surface area contributed by atoms with Crippen LogP contribution in [0.5, 0.6) is 0 Å². The average molecular weight is 330 g/mol. The molecule has 22 heavy (non-hydrogen) atoms. The van der Waals surface area contributed by atoms with Crippen molar-refractivity contribution in [3.8, 4) is 10.8 Å². The van der Waals surface area contributed by atoms with Gasteiger partial charge >= 0.3 is 0 Å². The summed E-state index contributed by atoms with van der Waals surface area (Å²) in [6.45, 7) is 3.06. The number of nitrogens with zero attached hydrogens (tertiary/aromatic N) is 2. The molecule has 1 aliphatic rings. The fourth-order valence-electron chi connectivity index (χ4n) is 2.47. The van der Waals surface area contributed by atoms with Crippen molar-refractivity contribution in [1.82, 2.24) is 9.88 Å². The molecule has 4 nitrogen and oxygen atoms in total. The van der Waals surface area contributed by atoms with Crippen LogP contribution in [0.1, 0.15) is 5.76 Å². The topological polar surface area (TPSA) is 38.5 Å². The van der Waals surface area contributed by atoms with Gasteiger partial charge in [-0.3, -0.25) is 0 Å². The number of hydrogen-bond donors (Lipinski definition) is 0. The van der Waals surface area contributed by atoms with Crippen LogP contribution in [0.4, 0.5) is 0 Å². The predicted molar refractivity (Wildman–Crippen MR) is 91.4 cm³/mol. The van der Waals surface area contributed by atoms with E-state index in [0.717, 1.165) is 44.8 Å². The van der Waals surface area contributed by atoms with Crippen molar-refractivity contribution in [2.45, 2.75) is 0 Å². The molecule has 3 heterocycles. The van der Waals surface area contributed by atoms with Crippen LogP contribution in [0.2, 0.25) is 0 Å². The van der Waals surface area contributed by atoms with Gasteiger partial charge in [0, 0.05) is 13.1 Å². The zero-order chi connectivity index (χ0) is 14.9. The summed E-state index contributed by atoms with van der Waals surface area (Å²) in [7, 11) is 0. The van der Waals surface area contributed by atoms with Gasteiger partial charge < -0.3 is 14.1 Å². The van der Waals surface area contributed by atoms with E-state index in [2.05, 4.69) is 16.0 Å². The third-order valence-electron chi connectivity index (χ3n) is 3.62. The van der Waals surface area contributed by atoms with E-state index >= 15 is 0 Å². The minimum atomic E-state index is 0.714. The Morgan fingerprint density at radius 2 is 1.95 bits per heavy atom. The van der Waals surface area contributed by atoms with Crippen LogP contribution in [0.15, 0.2) is 40.8 Å². The lowest BCUT2D eigenvalue weighted by molar-refractivity contribution is 0.0688. The SMILES string of the molecule is S=C(c1ccc(-c2nc3ccccc3s2)o1)N1CCOCC1. The highest BCUT2D eigenvalue weighted by molar-refractivity contribution is 7.80. The molecule has 0 radical (unpaired) electrons. The van der Waals surface area contributed by atoms with E-state index in [1.807, 2.05) is 30.3 Å². The van der Waals surface area contributed by atoms with Crippen LogP contribution in [-0.2, 0) is 4.74 Å². The molecule has 1 fully saturated rings. The smallest absolute Gasteiger partial charge is 0.163 e. The lowest BCUT2D eigenvalue weighted by Gasteiger charge is -2.28. The zero-order valence-corrected chi connectivity index (χ0v) is 13.5. The second-order valence-electron chi connectivity index (χ2n) is 5.06. The number of furan rings is 1. The molecule has 3 aromatic rings. The van der Waals surface area contributed by atoms with E-state index in [4.69, 9.17) is 21.4 Å². The van der Waals surface area contributed by atoms with Crippen molar-refractivity contribution in [2.75, 3.05) is 26.3 Å². The molecule has 0 aliphatic carbocycles. The standard InChI is InChI=1S/C16H14N2O2S2/c21-16(18-7-9-19-10-8-18)13-6-5-12(20-13)15-17-11-3-1-2-4-14(11)22-15/h1-6H,7-10H2. The zero-order valence-electron chi connectivity index (χ0n) is 11.8. The number of hydrogen-bond acceptors (Lipinski definition) is 5. The largest absolute Gasteiger partial charge is 0.451 e. The summed E-state index contributed by atoms with van der Waals surface area (Å²) in [6, 6.07) is 12.0. The number of para-hydroxylation sites is 1. The van der Waals surface area contributed by atoms with E-state index < -0.39 is 0 Å². The summed E-state index contributed by atoms with van der Waals surface area (Å²) in [5, 5.41) is 0.886. The maximum atomic E-state index is 5.94. The molecular weight excluding hydrogens is 316 g/mol. The third-order valence-corrected chi connectivity index (χ3v) is 5.13. The van der Waals surface area contributed by atoms with Crippen molar-refractivity contribution in [3.63, 3.8) is 0 Å². The first-order valence-electron chi connectivity index (χ1n) is 7.14. The molecule has 6 heteroatoms. The highest BCUT2D eigenvalue weighted by atomic mass is 32.1. The summed E-state index contributed by atoms with van der Waals surface area (Å²) in [4.78, 5) is 7.49. The number of morpholine rings is 1. The molecule has 2 aromatic heterocycles. The van der Waals surface area contributed by atoms with Crippen LogP contribution in [0.3, 0.4) is 0 Å². The van der Waals surface area contributed by atoms with Crippen LogP contribution >= 0.6 is 23.6 Å². The number of aromatic nitrogens is 1. The average Bonchev–Trinajstić information content (AvgIpc) is 3.21. The van der Waals surface area contributed by atoms with Gasteiger partial charge in [-0.15, -0.1) is 11.3 Å². The number of fused-ring (bicyclic) bond motifs is 1. The highest BCUT2D eigenvalue weighted by Crippen LogP contribution is 2.31. The molecule has 4 rings (SSSR count). The van der Waals surface area contributed by atoms with Gasteiger partial charge in [-0.25, -0.2) is 4.98 Å². The van der Waals surface area contributed by atoms with Gasteiger partial charge in [0.15, 0.2) is 16.5 Å². The minimum Gasteiger partial charge on any atom is -0.451 e. The van der Waals surface area contributed by atoms with E-state index in [0.29, 0.717) is 13.2 Å². The lowest BCUT2D eigenvalue weighted by Crippen LogP contribution is -2.40. The Kier molecular flexibility index (Phi) is 3.65. The van der Waals surface area contributed by atoms with Gasteiger partial charge in [0.2, 0.25) is 0 Å². The summed E-state index contributed by atoms with van der Waals surface area (Å²) < 4.78 is 12.5. The first-order valence-corrected chi connectivity index (χ1v) is 8.36. The molecule has 1 aromatic carbocycles. The molecule has 1 saturated heterocycles. The third kappa shape index (κ3) is 2.54. The molecule has 0 bridgehead atoms. The Balaban J connectivity index is 1.61. The second-order valence-corrected chi connectivity index (χ2v) is 6.47. The fourth-order valence-corrected chi connectivity index (χ4v) is 3.69. The molecule has 0 saturated carbocycles. The predicted octanol–water partition coefficient (Wildman–Crippen LogP) is 3.56. The summed E-state index contributed by atoms with van der Waals surface area (Å²) in [5.74, 6) is 1.50. The Morgan fingerprint density at radius 1 is 1.14 bits per heavy atom. The van der Waals surface area contributed by atoms with Gasteiger partial charge in [0.1, 0.15) is 4.99 Å². The van der Waals surface area contributed by atoms with E-state index in [9.17, 15) is 0 Å². The van der Waals surface area contributed by atoms with Crippen molar-refractivity contribution in [2.24, 2.45) is 0 Å². The fraction of sp³-hybridized carbons (Fsp3) is 0.250. The Bertz CT molecular complexity index is 785. The first-order chi connectivity index (χ1) is 10.8. The molecule has 0 amide bonds. The minimum absolute atomic E-state index is 0.714. The molecule has 0 unspecified atom stereocenters. The van der Waals surface area contributed by atoms with Crippen molar-refractivity contribution >= 4 is 38.8 Å². The lowest BCUT2D eigenvalue weighted by atomic mass is 10.3. The maximum absolute atomic E-state index is 5.94. The van der Waals surface area contributed by atoms with Gasteiger partial charge in [-0.05, 0) is 24.3 Å². The second kappa shape index (κ2) is 5.79. The quantitative estimate of drug-likeness (QED) is 0.672. The van der Waals surface area contributed by atoms with Crippen molar-refractivity contribution in [3.05, 3.63) is 42.2 Å². The van der Waals surface area contributed by atoms with E-state index in [-0.39, 0.29) is 0 Å².